The lowest BCUT2D eigenvalue weighted by Gasteiger charge is -2.11. The molecule has 0 fully saturated rings. The SMILES string of the molecule is Cc1c(CN)cccc1S(=O)(=O)NCc1ccno1. The summed E-state index contributed by atoms with van der Waals surface area (Å²) in [6, 6.07) is 6.64. The molecule has 3 N–H and O–H groups in total. The normalized spacial score (nSPS) is 11.7. The Morgan fingerprint density at radius 1 is 1.37 bits per heavy atom. The van der Waals surface area contributed by atoms with E-state index in [-0.39, 0.29) is 11.4 Å². The van der Waals surface area contributed by atoms with Gasteiger partial charge in [0.25, 0.3) is 0 Å². The topological polar surface area (TPSA) is 98.2 Å². The van der Waals surface area contributed by atoms with Gasteiger partial charge in [-0.15, -0.1) is 0 Å². The van der Waals surface area contributed by atoms with Crippen LogP contribution in [0.5, 0.6) is 0 Å². The van der Waals surface area contributed by atoms with Crippen LogP contribution in [0.4, 0.5) is 0 Å². The minimum absolute atomic E-state index is 0.0641. The van der Waals surface area contributed by atoms with Crippen LogP contribution in [0.3, 0.4) is 0 Å². The Morgan fingerprint density at radius 2 is 2.16 bits per heavy atom. The summed E-state index contributed by atoms with van der Waals surface area (Å²) < 4.78 is 31.7. The van der Waals surface area contributed by atoms with Crippen LogP contribution in [-0.4, -0.2) is 13.6 Å². The molecule has 0 amide bonds. The maximum Gasteiger partial charge on any atom is 0.241 e. The van der Waals surface area contributed by atoms with E-state index in [1.54, 1.807) is 25.1 Å². The molecular formula is C12H15N3O3S. The summed E-state index contributed by atoms with van der Waals surface area (Å²) in [5, 5.41) is 3.51. The van der Waals surface area contributed by atoms with Gasteiger partial charge in [0, 0.05) is 12.6 Å². The van der Waals surface area contributed by atoms with Crippen LogP contribution in [0.1, 0.15) is 16.9 Å². The number of sulfonamides is 1. The predicted molar refractivity (Wildman–Crippen MR) is 69.6 cm³/mol. The Bertz CT molecular complexity index is 651. The van der Waals surface area contributed by atoms with Gasteiger partial charge in [0.1, 0.15) is 0 Å². The number of nitrogens with two attached hydrogens (primary N) is 1. The van der Waals surface area contributed by atoms with Crippen molar-refractivity contribution in [2.45, 2.75) is 24.9 Å². The lowest BCUT2D eigenvalue weighted by atomic mass is 10.1. The van der Waals surface area contributed by atoms with E-state index in [1.165, 1.54) is 6.20 Å². The van der Waals surface area contributed by atoms with Gasteiger partial charge in [0.2, 0.25) is 10.0 Å². The molecule has 6 nitrogen and oxygen atoms in total. The highest BCUT2D eigenvalue weighted by atomic mass is 32.2. The van der Waals surface area contributed by atoms with Crippen LogP contribution >= 0.6 is 0 Å². The first-order chi connectivity index (χ1) is 9.04. The van der Waals surface area contributed by atoms with Crippen LogP contribution in [-0.2, 0) is 23.1 Å². The highest BCUT2D eigenvalue weighted by Gasteiger charge is 2.18. The average Bonchev–Trinajstić information content (AvgIpc) is 2.90. The highest BCUT2D eigenvalue weighted by Crippen LogP contribution is 2.18. The van der Waals surface area contributed by atoms with Crippen molar-refractivity contribution in [3.8, 4) is 0 Å². The second kappa shape index (κ2) is 5.52. The van der Waals surface area contributed by atoms with E-state index < -0.39 is 10.0 Å². The van der Waals surface area contributed by atoms with Gasteiger partial charge in [-0.1, -0.05) is 17.3 Å². The van der Waals surface area contributed by atoms with Crippen LogP contribution in [0.15, 0.2) is 39.9 Å². The number of aromatic nitrogens is 1. The second-order valence-electron chi connectivity index (χ2n) is 4.05. The van der Waals surface area contributed by atoms with Gasteiger partial charge in [-0.3, -0.25) is 0 Å². The van der Waals surface area contributed by atoms with Gasteiger partial charge in [-0.2, -0.15) is 0 Å². The molecule has 1 aromatic carbocycles. The minimum Gasteiger partial charge on any atom is -0.360 e. The summed E-state index contributed by atoms with van der Waals surface area (Å²) in [7, 11) is -3.59. The monoisotopic (exact) mass is 281 g/mol. The predicted octanol–water partition coefficient (Wildman–Crippen LogP) is 0.920. The molecule has 0 spiro atoms. The van der Waals surface area contributed by atoms with Crippen molar-refractivity contribution in [1.82, 2.24) is 9.88 Å². The summed E-state index contributed by atoms with van der Waals surface area (Å²) in [6.07, 6.45) is 1.46. The lowest BCUT2D eigenvalue weighted by Crippen LogP contribution is -2.24. The van der Waals surface area contributed by atoms with Crippen molar-refractivity contribution < 1.29 is 12.9 Å². The first kappa shape index (κ1) is 13.7. The molecule has 0 saturated carbocycles. The zero-order chi connectivity index (χ0) is 13.9. The van der Waals surface area contributed by atoms with Crippen molar-refractivity contribution in [2.24, 2.45) is 5.73 Å². The Hall–Kier alpha value is -1.70. The molecule has 2 aromatic rings. The summed E-state index contributed by atoms with van der Waals surface area (Å²) in [4.78, 5) is 0.231. The molecular weight excluding hydrogens is 266 g/mol. The number of hydrogen-bond donors (Lipinski definition) is 2. The third kappa shape index (κ3) is 3.01. The van der Waals surface area contributed by atoms with Crippen LogP contribution < -0.4 is 10.5 Å². The van der Waals surface area contributed by atoms with Gasteiger partial charge in [0.15, 0.2) is 5.76 Å². The van der Waals surface area contributed by atoms with E-state index in [1.807, 2.05) is 6.07 Å². The standard InChI is InChI=1S/C12H15N3O3S/c1-9-10(7-13)3-2-4-12(9)19(16,17)15-8-11-5-6-14-18-11/h2-6,15H,7-8,13H2,1H3. The zero-order valence-electron chi connectivity index (χ0n) is 10.5. The van der Waals surface area contributed by atoms with Gasteiger partial charge in [0.05, 0.1) is 17.6 Å². The molecule has 0 aliphatic rings. The minimum atomic E-state index is -3.59. The van der Waals surface area contributed by atoms with Crippen LogP contribution in [0, 0.1) is 6.92 Å². The summed E-state index contributed by atoms with van der Waals surface area (Å²) in [5.41, 5.74) is 7.05. The molecule has 0 aliphatic heterocycles. The first-order valence-electron chi connectivity index (χ1n) is 5.72. The molecule has 1 heterocycles. The molecule has 102 valence electrons. The van der Waals surface area contributed by atoms with Crippen molar-refractivity contribution in [2.75, 3.05) is 0 Å². The highest BCUT2D eigenvalue weighted by molar-refractivity contribution is 7.89. The van der Waals surface area contributed by atoms with Crippen molar-refractivity contribution in [3.05, 3.63) is 47.3 Å². The van der Waals surface area contributed by atoms with Crippen molar-refractivity contribution >= 4 is 10.0 Å². The van der Waals surface area contributed by atoms with Gasteiger partial charge in [-0.25, -0.2) is 13.1 Å². The molecule has 0 radical (unpaired) electrons. The first-order valence-corrected chi connectivity index (χ1v) is 7.20. The zero-order valence-corrected chi connectivity index (χ0v) is 11.3. The smallest absolute Gasteiger partial charge is 0.241 e. The summed E-state index contributed by atoms with van der Waals surface area (Å²) in [5.74, 6) is 0.455. The van der Waals surface area contributed by atoms with E-state index in [9.17, 15) is 8.42 Å². The van der Waals surface area contributed by atoms with Crippen LogP contribution in [0.25, 0.3) is 0 Å². The molecule has 1 aromatic heterocycles. The maximum atomic E-state index is 12.2. The van der Waals surface area contributed by atoms with E-state index in [2.05, 4.69) is 9.88 Å². The number of nitrogens with one attached hydrogen (secondary N) is 1. The Balaban J connectivity index is 2.24. The molecule has 0 bridgehead atoms. The molecule has 7 heteroatoms. The number of rotatable bonds is 5. The third-order valence-electron chi connectivity index (χ3n) is 2.83. The van der Waals surface area contributed by atoms with Crippen molar-refractivity contribution in [3.63, 3.8) is 0 Å². The molecule has 0 saturated heterocycles. The van der Waals surface area contributed by atoms with E-state index in [0.29, 0.717) is 17.9 Å². The van der Waals surface area contributed by atoms with E-state index >= 15 is 0 Å². The Labute approximate surface area is 111 Å². The fraction of sp³-hybridized carbons (Fsp3) is 0.250. The Kier molecular flexibility index (Phi) is 3.98. The molecule has 2 rings (SSSR count). The molecule has 0 atom stereocenters. The second-order valence-corrected chi connectivity index (χ2v) is 5.78. The largest absolute Gasteiger partial charge is 0.360 e. The maximum absolute atomic E-state index is 12.2. The number of hydrogen-bond acceptors (Lipinski definition) is 5. The number of benzene rings is 1. The van der Waals surface area contributed by atoms with E-state index in [0.717, 1.165) is 5.56 Å². The quantitative estimate of drug-likeness (QED) is 0.849. The molecule has 0 unspecified atom stereocenters. The fourth-order valence-electron chi connectivity index (χ4n) is 1.75. The number of nitrogens with zero attached hydrogens (tertiary/aromatic N) is 1. The Morgan fingerprint density at radius 3 is 2.79 bits per heavy atom. The average molecular weight is 281 g/mol. The van der Waals surface area contributed by atoms with Gasteiger partial charge in [-0.05, 0) is 24.1 Å². The summed E-state index contributed by atoms with van der Waals surface area (Å²) in [6.45, 7) is 2.11. The fourth-order valence-corrected chi connectivity index (χ4v) is 3.03. The summed E-state index contributed by atoms with van der Waals surface area (Å²) >= 11 is 0. The van der Waals surface area contributed by atoms with E-state index in [4.69, 9.17) is 10.3 Å². The van der Waals surface area contributed by atoms with Crippen molar-refractivity contribution in [1.29, 1.82) is 0 Å². The van der Waals surface area contributed by atoms with Gasteiger partial charge >= 0.3 is 0 Å². The van der Waals surface area contributed by atoms with Gasteiger partial charge < -0.3 is 10.3 Å². The molecule has 0 aliphatic carbocycles. The third-order valence-corrected chi connectivity index (χ3v) is 4.38. The van der Waals surface area contributed by atoms with Crippen LogP contribution in [0.2, 0.25) is 0 Å². The lowest BCUT2D eigenvalue weighted by molar-refractivity contribution is 0.380. The molecule has 19 heavy (non-hydrogen) atoms.